The van der Waals surface area contributed by atoms with Gasteiger partial charge in [0.2, 0.25) is 0 Å². The fraction of sp³-hybridized carbons (Fsp3) is 0. The van der Waals surface area contributed by atoms with E-state index in [-0.39, 0.29) is 0 Å². The predicted octanol–water partition coefficient (Wildman–Crippen LogP) is 19.1. The molecule has 15 rings (SSSR count). The van der Waals surface area contributed by atoms with E-state index in [9.17, 15) is 36.8 Å². The topological polar surface area (TPSA) is 202 Å². The molecule has 11 nitrogen and oxygen atoms in total. The summed E-state index contributed by atoms with van der Waals surface area (Å²) in [4.78, 5) is 11.0. The summed E-state index contributed by atoms with van der Waals surface area (Å²) in [6.07, 6.45) is 0. The Balaban J connectivity index is 1.05. The lowest BCUT2D eigenvalue weighted by Crippen LogP contribution is -2.05. The lowest BCUT2D eigenvalue weighted by atomic mass is 9.94. The average molecular weight is 1190 g/mol. The summed E-state index contributed by atoms with van der Waals surface area (Å²) in [5.74, 6) is 0.474. The van der Waals surface area contributed by atoms with Crippen molar-refractivity contribution in [3.63, 3.8) is 0 Å². The summed E-state index contributed by atoms with van der Waals surface area (Å²) >= 11 is 0. The van der Waals surface area contributed by atoms with Crippen LogP contribution in [-0.4, -0.2) is 19.1 Å². The highest BCUT2D eigenvalue weighted by atomic mass is 15.0. The molecule has 94 heavy (non-hydrogen) atoms. The minimum atomic E-state index is 0.353. The van der Waals surface area contributed by atoms with Crippen molar-refractivity contribution in [2.75, 3.05) is 0 Å². The summed E-state index contributed by atoms with van der Waals surface area (Å²) in [6, 6.07) is 100. The van der Waals surface area contributed by atoms with Crippen molar-refractivity contribution in [2.45, 2.75) is 0 Å². The zero-order valence-electron chi connectivity index (χ0n) is 49.7. The van der Waals surface area contributed by atoms with Gasteiger partial charge in [-0.1, -0.05) is 146 Å². The van der Waals surface area contributed by atoms with Crippen LogP contribution < -0.4 is 0 Å². The highest BCUT2D eigenvalue weighted by Gasteiger charge is 2.27. The van der Waals surface area contributed by atoms with Crippen molar-refractivity contribution >= 4 is 43.6 Å². The molecule has 0 spiro atoms. The molecule has 0 saturated heterocycles. The van der Waals surface area contributed by atoms with E-state index in [0.717, 1.165) is 122 Å². The quantitative estimate of drug-likeness (QED) is 0.128. The van der Waals surface area contributed by atoms with Gasteiger partial charge in [-0.2, -0.15) is 36.8 Å². The third kappa shape index (κ3) is 9.66. The van der Waals surface area contributed by atoms with Crippen molar-refractivity contribution in [3.8, 4) is 143 Å². The van der Waals surface area contributed by atoms with Gasteiger partial charge in [-0.05, 0) is 160 Å². The minimum absolute atomic E-state index is 0.353. The van der Waals surface area contributed by atoms with E-state index >= 15 is 0 Å². The van der Waals surface area contributed by atoms with Crippen LogP contribution in [0.15, 0.2) is 261 Å². The fourth-order valence-corrected chi connectivity index (χ4v) is 13.0. The zero-order valence-corrected chi connectivity index (χ0v) is 49.7. The molecule has 0 fully saturated rings. The molecule has 0 bridgehead atoms. The molecule has 0 amide bonds. The van der Waals surface area contributed by atoms with Crippen molar-refractivity contribution in [1.82, 2.24) is 19.1 Å². The Bertz CT molecular complexity index is 5810. The third-order valence-electron chi connectivity index (χ3n) is 17.4. The lowest BCUT2D eigenvalue weighted by Gasteiger charge is -2.22. The van der Waals surface area contributed by atoms with Crippen LogP contribution in [-0.2, 0) is 0 Å². The predicted molar refractivity (Wildman–Crippen MR) is 367 cm³/mol. The van der Waals surface area contributed by atoms with Gasteiger partial charge in [0.25, 0.3) is 0 Å². The molecule has 12 aromatic carbocycles. The normalized spacial score (nSPS) is 10.9. The number of benzene rings is 12. The Morgan fingerprint density at radius 3 is 1.04 bits per heavy atom. The Morgan fingerprint density at radius 2 is 0.606 bits per heavy atom. The van der Waals surface area contributed by atoms with Gasteiger partial charge in [0, 0.05) is 49.4 Å². The van der Waals surface area contributed by atoms with Gasteiger partial charge in [0.05, 0.1) is 126 Å². The van der Waals surface area contributed by atoms with Crippen LogP contribution in [0.3, 0.4) is 0 Å². The van der Waals surface area contributed by atoms with E-state index in [2.05, 4.69) is 130 Å². The maximum absolute atomic E-state index is 10.5. The molecule has 11 heteroatoms. The number of nitriles is 7. The summed E-state index contributed by atoms with van der Waals surface area (Å²) in [7, 11) is 0. The molecular weight excluding hydrogens is 1150 g/mol. The maximum atomic E-state index is 10.5. The van der Waals surface area contributed by atoms with Crippen LogP contribution >= 0.6 is 0 Å². The second-order valence-electron chi connectivity index (χ2n) is 22.7. The van der Waals surface area contributed by atoms with E-state index in [1.165, 1.54) is 0 Å². The Kier molecular flexibility index (Phi) is 14.0. The standard InChI is InChI=1S/C83H43N11/c84-44-51-18-23-55(24-19-51)58-25-32-77-70(39-58)71-40-59(65-29-20-52(45-85)36-62(65)48-88)26-33-78(71)93(77)76-16-8-7-14-68(76)82-69(83-91-74(56-10-3-1-4-11-56)43-75(92-83)57-12-5-2-6-13-57)15-9-17-81(82)94-79-34-27-60(66-30-21-53(46-86)37-63(66)49-89)41-72(79)73-42-61(28-35-80(73)94)67-31-22-54(47-87)38-64(67)50-90/h1-43H. The van der Waals surface area contributed by atoms with Gasteiger partial charge in [-0.25, -0.2) is 9.97 Å². The van der Waals surface area contributed by atoms with Crippen LogP contribution in [0.2, 0.25) is 0 Å². The first-order valence-corrected chi connectivity index (χ1v) is 30.0. The molecular formula is C83H43N11. The molecule has 3 heterocycles. The van der Waals surface area contributed by atoms with E-state index in [1.807, 2.05) is 146 Å². The SMILES string of the molecule is N#Cc1ccc(-c2ccc3c(c2)c2cc(-c4ccc(C#N)cc4C#N)ccc2n3-c2ccccc2-c2c(-c3nc(-c4ccccc4)cc(-c4ccccc4)n3)cccc2-n2c3ccc(-c4ccc(C#N)cc4C#N)cc3c3cc(-c4ccc(C#N)cc4C#N)ccc32)cc1. The average Bonchev–Trinajstić information content (AvgIpc) is 1.54. The number of hydrogen-bond donors (Lipinski definition) is 0. The molecule has 3 aromatic heterocycles. The van der Waals surface area contributed by atoms with E-state index in [0.29, 0.717) is 61.5 Å². The molecule has 0 aliphatic carbocycles. The number of fused-ring (bicyclic) bond motifs is 6. The smallest absolute Gasteiger partial charge is 0.161 e. The van der Waals surface area contributed by atoms with Gasteiger partial charge in [-0.3, -0.25) is 0 Å². The molecule has 0 aliphatic heterocycles. The summed E-state index contributed by atoms with van der Waals surface area (Å²) < 4.78 is 4.54. The highest BCUT2D eigenvalue weighted by molar-refractivity contribution is 6.15. The van der Waals surface area contributed by atoms with Crippen molar-refractivity contribution in [1.29, 1.82) is 36.8 Å². The fourth-order valence-electron chi connectivity index (χ4n) is 13.0. The van der Waals surface area contributed by atoms with Crippen LogP contribution in [0, 0.1) is 79.3 Å². The molecule has 0 atom stereocenters. The summed E-state index contributed by atoms with van der Waals surface area (Å²) in [5, 5.41) is 74.4. The monoisotopic (exact) mass is 1190 g/mol. The van der Waals surface area contributed by atoms with Crippen LogP contribution in [0.25, 0.3) is 145 Å². The number of para-hydroxylation sites is 1. The Morgan fingerprint density at radius 1 is 0.245 bits per heavy atom. The van der Waals surface area contributed by atoms with E-state index < -0.39 is 0 Å². The van der Waals surface area contributed by atoms with Gasteiger partial charge >= 0.3 is 0 Å². The first-order chi connectivity index (χ1) is 46.3. The van der Waals surface area contributed by atoms with Gasteiger partial charge in [0.1, 0.15) is 0 Å². The Labute approximate surface area is 539 Å². The van der Waals surface area contributed by atoms with Crippen LogP contribution in [0.1, 0.15) is 38.9 Å². The number of hydrogen-bond acceptors (Lipinski definition) is 9. The molecule has 0 unspecified atom stereocenters. The van der Waals surface area contributed by atoms with Gasteiger partial charge in [-0.15, -0.1) is 0 Å². The largest absolute Gasteiger partial charge is 0.309 e. The van der Waals surface area contributed by atoms with E-state index in [4.69, 9.17) is 9.97 Å². The Hall–Kier alpha value is -14.3. The highest BCUT2D eigenvalue weighted by Crippen LogP contribution is 2.47. The molecule has 430 valence electrons. The van der Waals surface area contributed by atoms with Crippen molar-refractivity contribution in [3.05, 3.63) is 300 Å². The second-order valence-corrected chi connectivity index (χ2v) is 22.7. The van der Waals surface area contributed by atoms with Gasteiger partial charge < -0.3 is 9.13 Å². The molecule has 0 N–H and O–H groups in total. The van der Waals surface area contributed by atoms with E-state index in [1.54, 1.807) is 36.4 Å². The van der Waals surface area contributed by atoms with Gasteiger partial charge in [0.15, 0.2) is 5.82 Å². The number of rotatable bonds is 10. The lowest BCUT2D eigenvalue weighted by molar-refractivity contribution is 1.15. The molecule has 0 radical (unpaired) electrons. The summed E-state index contributed by atoms with van der Waals surface area (Å²) in [5.41, 5.74) is 19.6. The first kappa shape index (κ1) is 56.3. The molecule has 0 aliphatic rings. The maximum Gasteiger partial charge on any atom is 0.161 e. The number of nitrogens with zero attached hydrogens (tertiary/aromatic N) is 11. The first-order valence-electron chi connectivity index (χ1n) is 30.0. The third-order valence-corrected chi connectivity index (χ3v) is 17.4. The minimum Gasteiger partial charge on any atom is -0.309 e. The summed E-state index contributed by atoms with van der Waals surface area (Å²) in [6.45, 7) is 0. The zero-order chi connectivity index (χ0) is 64.0. The molecule has 0 saturated carbocycles. The van der Waals surface area contributed by atoms with Crippen molar-refractivity contribution < 1.29 is 0 Å². The van der Waals surface area contributed by atoms with Crippen LogP contribution in [0.4, 0.5) is 0 Å². The number of aromatic nitrogens is 4. The van der Waals surface area contributed by atoms with Crippen LogP contribution in [0.5, 0.6) is 0 Å². The van der Waals surface area contributed by atoms with Crippen molar-refractivity contribution in [2.24, 2.45) is 0 Å². The second kappa shape index (κ2) is 23.4. The molecule has 15 aromatic rings.